The molecule has 1 aromatic carbocycles. The third-order valence-electron chi connectivity index (χ3n) is 4.13. The van der Waals surface area contributed by atoms with E-state index in [0.717, 1.165) is 18.4 Å². The second-order valence-electron chi connectivity index (χ2n) is 6.22. The van der Waals surface area contributed by atoms with E-state index in [1.807, 2.05) is 31.2 Å². The molecule has 0 spiro atoms. The highest BCUT2D eigenvalue weighted by molar-refractivity contribution is 14.0. The molecule has 1 aromatic rings. The Bertz CT molecular complexity index is 681. The molecule has 0 aliphatic heterocycles. The lowest BCUT2D eigenvalue weighted by atomic mass is 9.86. The summed E-state index contributed by atoms with van der Waals surface area (Å²) < 4.78 is 26.7. The maximum absolute atomic E-state index is 12.0. The van der Waals surface area contributed by atoms with E-state index in [9.17, 15) is 8.42 Å². The Morgan fingerprint density at radius 2 is 2.08 bits per heavy atom. The fourth-order valence-electron chi connectivity index (χ4n) is 2.47. The summed E-state index contributed by atoms with van der Waals surface area (Å²) in [6, 6.07) is 7.52. The maximum Gasteiger partial charge on any atom is 0.213 e. The van der Waals surface area contributed by atoms with E-state index in [2.05, 4.69) is 20.3 Å². The van der Waals surface area contributed by atoms with E-state index in [0.29, 0.717) is 43.1 Å². The minimum Gasteiger partial charge on any atom is -0.357 e. The molecular formula is C17H28ClIN4O2S. The van der Waals surface area contributed by atoms with Crippen molar-refractivity contribution in [1.82, 2.24) is 15.4 Å². The van der Waals surface area contributed by atoms with Crippen LogP contribution in [0.25, 0.3) is 0 Å². The van der Waals surface area contributed by atoms with Gasteiger partial charge >= 0.3 is 0 Å². The largest absolute Gasteiger partial charge is 0.357 e. The zero-order valence-corrected chi connectivity index (χ0v) is 18.9. The van der Waals surface area contributed by atoms with Gasteiger partial charge < -0.3 is 10.6 Å². The summed E-state index contributed by atoms with van der Waals surface area (Å²) in [6.07, 6.45) is 3.46. The molecule has 26 heavy (non-hydrogen) atoms. The number of hydrogen-bond donors (Lipinski definition) is 3. The van der Waals surface area contributed by atoms with Gasteiger partial charge in [-0.3, -0.25) is 0 Å². The number of hydrogen-bond acceptors (Lipinski definition) is 3. The number of benzene rings is 1. The monoisotopic (exact) mass is 514 g/mol. The molecule has 2 rings (SSSR count). The molecule has 9 heteroatoms. The molecule has 0 saturated heterocycles. The van der Waals surface area contributed by atoms with Gasteiger partial charge in [0.25, 0.3) is 0 Å². The molecule has 0 aromatic heterocycles. The minimum atomic E-state index is -3.25. The number of sulfonamides is 1. The van der Waals surface area contributed by atoms with Crippen LogP contribution >= 0.6 is 35.6 Å². The average molecular weight is 515 g/mol. The number of guanidine groups is 1. The van der Waals surface area contributed by atoms with Gasteiger partial charge in [-0.1, -0.05) is 30.2 Å². The Balaban J connectivity index is 0.00000338. The summed E-state index contributed by atoms with van der Waals surface area (Å²) in [5.74, 6) is 1.14. The Hall–Kier alpha value is -0.580. The van der Waals surface area contributed by atoms with Crippen molar-refractivity contribution in [3.63, 3.8) is 0 Å². The van der Waals surface area contributed by atoms with Crippen LogP contribution in [0, 0.1) is 5.92 Å². The molecule has 0 heterocycles. The van der Waals surface area contributed by atoms with Crippen LogP contribution in [0.1, 0.15) is 31.7 Å². The van der Waals surface area contributed by atoms with Crippen molar-refractivity contribution in [2.45, 2.75) is 32.7 Å². The fraction of sp³-hybridized carbons (Fsp3) is 0.588. The van der Waals surface area contributed by atoms with Crippen LogP contribution in [0.2, 0.25) is 5.02 Å². The van der Waals surface area contributed by atoms with Gasteiger partial charge in [0.1, 0.15) is 0 Å². The second-order valence-corrected chi connectivity index (χ2v) is 8.58. The molecule has 3 N–H and O–H groups in total. The van der Waals surface area contributed by atoms with Crippen molar-refractivity contribution in [2.24, 2.45) is 10.9 Å². The Kier molecular flexibility index (Phi) is 10.8. The van der Waals surface area contributed by atoms with E-state index in [1.54, 1.807) is 0 Å². The molecule has 1 aliphatic carbocycles. The maximum atomic E-state index is 12.0. The summed E-state index contributed by atoms with van der Waals surface area (Å²) in [5.41, 5.74) is 1.000. The molecule has 0 atom stereocenters. The minimum absolute atomic E-state index is 0. The van der Waals surface area contributed by atoms with E-state index < -0.39 is 10.0 Å². The Morgan fingerprint density at radius 3 is 2.69 bits per heavy atom. The second kappa shape index (κ2) is 12.0. The summed E-state index contributed by atoms with van der Waals surface area (Å²) in [5, 5.41) is 6.85. The van der Waals surface area contributed by atoms with Crippen LogP contribution < -0.4 is 15.4 Å². The summed E-state index contributed by atoms with van der Waals surface area (Å²) in [6.45, 7) is 4.01. The smallest absolute Gasteiger partial charge is 0.213 e. The number of rotatable bonds is 9. The number of aliphatic imine (C=N–C) groups is 1. The molecule has 1 fully saturated rings. The van der Waals surface area contributed by atoms with Gasteiger partial charge in [0, 0.05) is 24.7 Å². The molecular weight excluding hydrogens is 487 g/mol. The molecule has 0 unspecified atom stereocenters. The first-order valence-corrected chi connectivity index (χ1v) is 10.8. The Morgan fingerprint density at radius 1 is 1.31 bits per heavy atom. The summed E-state index contributed by atoms with van der Waals surface area (Å²) in [4.78, 5) is 4.46. The van der Waals surface area contributed by atoms with Gasteiger partial charge in [0.05, 0.1) is 12.3 Å². The summed E-state index contributed by atoms with van der Waals surface area (Å²) in [7, 11) is -3.25. The van der Waals surface area contributed by atoms with Gasteiger partial charge in [0.15, 0.2) is 5.96 Å². The van der Waals surface area contributed by atoms with Crippen LogP contribution in [0.15, 0.2) is 29.3 Å². The molecule has 1 saturated carbocycles. The first-order chi connectivity index (χ1) is 12.0. The van der Waals surface area contributed by atoms with E-state index in [4.69, 9.17) is 11.6 Å². The molecule has 0 radical (unpaired) electrons. The lowest BCUT2D eigenvalue weighted by molar-refractivity contribution is 0.316. The van der Waals surface area contributed by atoms with Crippen LogP contribution in [0.4, 0.5) is 0 Å². The van der Waals surface area contributed by atoms with Crippen LogP contribution in [-0.2, 0) is 16.6 Å². The molecule has 1 aliphatic rings. The van der Waals surface area contributed by atoms with E-state index in [-0.39, 0.29) is 29.7 Å². The first kappa shape index (κ1) is 23.5. The standard InChI is InChI=1S/C17H27ClN4O2S.HI/c1-2-19-17(21-12-15-7-4-8-16(18)11-15)20-9-10-25(23,24)22-13-14-5-3-6-14;/h4,7-8,11,14,22H,2-3,5-6,9-10,12-13H2,1H3,(H2,19,20,21);1H. The first-order valence-electron chi connectivity index (χ1n) is 8.72. The normalized spacial score (nSPS) is 15.1. The van der Waals surface area contributed by atoms with Crippen molar-refractivity contribution < 1.29 is 8.42 Å². The zero-order valence-electron chi connectivity index (χ0n) is 15.0. The van der Waals surface area contributed by atoms with Gasteiger partial charge in [0.2, 0.25) is 10.0 Å². The zero-order chi connectivity index (χ0) is 18.1. The molecule has 6 nitrogen and oxygen atoms in total. The molecule has 0 bridgehead atoms. The highest BCUT2D eigenvalue weighted by Gasteiger charge is 2.20. The number of halogens is 2. The van der Waals surface area contributed by atoms with Gasteiger partial charge in [-0.2, -0.15) is 0 Å². The van der Waals surface area contributed by atoms with Crippen molar-refractivity contribution in [2.75, 3.05) is 25.4 Å². The van der Waals surface area contributed by atoms with E-state index in [1.165, 1.54) is 6.42 Å². The third kappa shape index (κ3) is 8.88. The van der Waals surface area contributed by atoms with Gasteiger partial charge in [-0.15, -0.1) is 24.0 Å². The topological polar surface area (TPSA) is 82.6 Å². The molecule has 148 valence electrons. The Labute approximate surface area is 178 Å². The molecule has 0 amide bonds. The highest BCUT2D eigenvalue weighted by Crippen LogP contribution is 2.25. The SMILES string of the molecule is CCNC(=NCc1cccc(Cl)c1)NCCS(=O)(=O)NCC1CCC1.I. The number of nitrogens with one attached hydrogen (secondary N) is 3. The van der Waals surface area contributed by atoms with Crippen molar-refractivity contribution in [3.05, 3.63) is 34.9 Å². The van der Waals surface area contributed by atoms with Crippen molar-refractivity contribution >= 4 is 51.6 Å². The van der Waals surface area contributed by atoms with Crippen molar-refractivity contribution in [3.8, 4) is 0 Å². The van der Waals surface area contributed by atoms with Crippen LogP contribution in [0.3, 0.4) is 0 Å². The number of nitrogens with zero attached hydrogens (tertiary/aromatic N) is 1. The van der Waals surface area contributed by atoms with Crippen molar-refractivity contribution in [1.29, 1.82) is 0 Å². The average Bonchev–Trinajstić information content (AvgIpc) is 2.51. The van der Waals surface area contributed by atoms with Gasteiger partial charge in [-0.05, 0) is 43.4 Å². The summed E-state index contributed by atoms with van der Waals surface area (Å²) >= 11 is 5.97. The van der Waals surface area contributed by atoms with E-state index >= 15 is 0 Å². The lowest BCUT2D eigenvalue weighted by Crippen LogP contribution is -2.42. The van der Waals surface area contributed by atoms with Crippen LogP contribution in [-0.4, -0.2) is 39.8 Å². The fourth-order valence-corrected chi connectivity index (χ4v) is 3.68. The lowest BCUT2D eigenvalue weighted by Gasteiger charge is -2.25. The van der Waals surface area contributed by atoms with Crippen LogP contribution in [0.5, 0.6) is 0 Å². The predicted molar refractivity (Wildman–Crippen MR) is 119 cm³/mol. The highest BCUT2D eigenvalue weighted by atomic mass is 127. The predicted octanol–water partition coefficient (Wildman–Crippen LogP) is 2.73. The quantitative estimate of drug-likeness (QED) is 0.269. The van der Waals surface area contributed by atoms with Gasteiger partial charge in [-0.25, -0.2) is 18.1 Å². The third-order valence-corrected chi connectivity index (χ3v) is 5.72.